The number of hydrogen-bond acceptors (Lipinski definition) is 4. The van der Waals surface area contributed by atoms with E-state index in [1.807, 2.05) is 30.3 Å². The minimum absolute atomic E-state index is 0.215. The van der Waals surface area contributed by atoms with Gasteiger partial charge in [-0.2, -0.15) is 13.2 Å². The molecule has 1 aliphatic heterocycles. The Morgan fingerprint density at radius 1 is 1.19 bits per heavy atom. The number of likely N-dealkylation sites (tertiary alicyclic amines) is 1. The highest BCUT2D eigenvalue weighted by Crippen LogP contribution is 2.23. The molecule has 31 heavy (non-hydrogen) atoms. The van der Waals surface area contributed by atoms with E-state index in [1.54, 1.807) is 25.7 Å². The molecule has 0 unspecified atom stereocenters. The van der Waals surface area contributed by atoms with Crippen LogP contribution in [0.4, 0.5) is 18.0 Å². The Labute approximate surface area is 181 Å². The standard InChI is InChI=1S/C22H31F3N2O4/c1-16(30-15-22(23,24)25)19(28)27(13-17-9-6-5-7-10-17)18-11-8-12-26(14-18)20(29)31-21(2,3)4/h5-7,9-10,16,18H,8,11-15H2,1-4H3/t16-,18-/m0/s1. The number of halogens is 3. The van der Waals surface area contributed by atoms with Gasteiger partial charge >= 0.3 is 12.3 Å². The molecule has 1 heterocycles. The van der Waals surface area contributed by atoms with Gasteiger partial charge in [-0.25, -0.2) is 4.79 Å². The summed E-state index contributed by atoms with van der Waals surface area (Å²) in [6, 6.07) is 8.83. The average molecular weight is 444 g/mol. The Kier molecular flexibility index (Phi) is 8.34. The van der Waals surface area contributed by atoms with Crippen molar-refractivity contribution in [2.75, 3.05) is 19.7 Å². The minimum Gasteiger partial charge on any atom is -0.444 e. The van der Waals surface area contributed by atoms with E-state index in [-0.39, 0.29) is 19.1 Å². The van der Waals surface area contributed by atoms with E-state index in [0.717, 1.165) is 5.56 Å². The van der Waals surface area contributed by atoms with Crippen molar-refractivity contribution < 1.29 is 32.2 Å². The van der Waals surface area contributed by atoms with Gasteiger partial charge in [-0.15, -0.1) is 0 Å². The van der Waals surface area contributed by atoms with Crippen LogP contribution in [0.25, 0.3) is 0 Å². The maximum absolute atomic E-state index is 13.1. The van der Waals surface area contributed by atoms with E-state index < -0.39 is 36.5 Å². The fourth-order valence-electron chi connectivity index (χ4n) is 3.39. The van der Waals surface area contributed by atoms with Gasteiger partial charge < -0.3 is 19.3 Å². The maximum atomic E-state index is 13.1. The Balaban J connectivity index is 2.17. The lowest BCUT2D eigenvalue weighted by atomic mass is 10.0. The van der Waals surface area contributed by atoms with Crippen molar-refractivity contribution in [1.29, 1.82) is 0 Å². The lowest BCUT2D eigenvalue weighted by molar-refractivity contribution is -0.189. The molecule has 0 bridgehead atoms. The van der Waals surface area contributed by atoms with Gasteiger partial charge in [0.05, 0.1) is 0 Å². The van der Waals surface area contributed by atoms with Crippen molar-refractivity contribution in [3.8, 4) is 0 Å². The zero-order valence-electron chi connectivity index (χ0n) is 18.4. The van der Waals surface area contributed by atoms with Gasteiger partial charge in [0.1, 0.15) is 18.3 Å². The fourth-order valence-corrected chi connectivity index (χ4v) is 3.39. The number of carbonyl (C=O) groups excluding carboxylic acids is 2. The summed E-state index contributed by atoms with van der Waals surface area (Å²) < 4.78 is 47.9. The summed E-state index contributed by atoms with van der Waals surface area (Å²) in [7, 11) is 0. The van der Waals surface area contributed by atoms with E-state index in [1.165, 1.54) is 11.8 Å². The van der Waals surface area contributed by atoms with Crippen molar-refractivity contribution in [1.82, 2.24) is 9.80 Å². The third-order valence-corrected chi connectivity index (χ3v) is 4.81. The number of rotatable bonds is 6. The van der Waals surface area contributed by atoms with Crippen LogP contribution in [0.2, 0.25) is 0 Å². The number of hydrogen-bond donors (Lipinski definition) is 0. The molecule has 9 heteroatoms. The van der Waals surface area contributed by atoms with Gasteiger partial charge in [0.25, 0.3) is 5.91 Å². The van der Waals surface area contributed by atoms with Gasteiger partial charge in [-0.3, -0.25) is 4.79 Å². The SMILES string of the molecule is C[C@H](OCC(F)(F)F)C(=O)N(Cc1ccccc1)[C@H]1CCCN(C(=O)OC(C)(C)C)C1. The molecule has 1 saturated heterocycles. The van der Waals surface area contributed by atoms with E-state index in [4.69, 9.17) is 9.47 Å². The molecule has 6 nitrogen and oxygen atoms in total. The summed E-state index contributed by atoms with van der Waals surface area (Å²) in [5.41, 5.74) is 0.192. The number of ether oxygens (including phenoxy) is 2. The van der Waals surface area contributed by atoms with Crippen LogP contribution in [0.1, 0.15) is 46.1 Å². The molecule has 1 fully saturated rings. The van der Waals surface area contributed by atoms with Gasteiger partial charge in [-0.05, 0) is 46.1 Å². The number of piperidine rings is 1. The van der Waals surface area contributed by atoms with E-state index in [2.05, 4.69) is 0 Å². The predicted octanol–water partition coefficient (Wildman–Crippen LogP) is 4.38. The van der Waals surface area contributed by atoms with Crippen molar-refractivity contribution in [2.45, 2.75) is 71.0 Å². The number of benzene rings is 1. The van der Waals surface area contributed by atoms with Crippen LogP contribution in [-0.2, 0) is 20.8 Å². The summed E-state index contributed by atoms with van der Waals surface area (Å²) in [5.74, 6) is -0.538. The fraction of sp³-hybridized carbons (Fsp3) is 0.636. The quantitative estimate of drug-likeness (QED) is 0.653. The molecule has 2 amide bonds. The summed E-state index contributed by atoms with van der Waals surface area (Å²) >= 11 is 0. The normalized spacial score (nSPS) is 18.4. The highest BCUT2D eigenvalue weighted by atomic mass is 19.4. The molecule has 2 atom stereocenters. The van der Waals surface area contributed by atoms with Crippen LogP contribution < -0.4 is 0 Å². The molecule has 1 aliphatic rings. The molecule has 0 N–H and O–H groups in total. The summed E-state index contributed by atoms with van der Waals surface area (Å²) in [4.78, 5) is 28.6. The second-order valence-electron chi connectivity index (χ2n) is 8.74. The smallest absolute Gasteiger partial charge is 0.411 e. The molecule has 0 aromatic heterocycles. The van der Waals surface area contributed by atoms with Crippen LogP contribution in [0, 0.1) is 0 Å². The Hall–Kier alpha value is -2.29. The topological polar surface area (TPSA) is 59.1 Å². The van der Waals surface area contributed by atoms with Crippen LogP contribution in [0.15, 0.2) is 30.3 Å². The second kappa shape index (κ2) is 10.3. The lowest BCUT2D eigenvalue weighted by Crippen LogP contribution is -2.54. The van der Waals surface area contributed by atoms with Crippen molar-refractivity contribution in [3.05, 3.63) is 35.9 Å². The van der Waals surface area contributed by atoms with E-state index >= 15 is 0 Å². The van der Waals surface area contributed by atoms with Crippen molar-refractivity contribution >= 4 is 12.0 Å². The molecule has 1 aromatic rings. The first-order chi connectivity index (χ1) is 14.4. The van der Waals surface area contributed by atoms with Gasteiger partial charge in [0, 0.05) is 25.7 Å². The average Bonchev–Trinajstić information content (AvgIpc) is 2.69. The summed E-state index contributed by atoms with van der Waals surface area (Å²) in [5, 5.41) is 0. The van der Waals surface area contributed by atoms with E-state index in [9.17, 15) is 22.8 Å². The number of nitrogens with zero attached hydrogens (tertiary/aromatic N) is 2. The van der Waals surface area contributed by atoms with Crippen molar-refractivity contribution in [3.63, 3.8) is 0 Å². The zero-order valence-corrected chi connectivity index (χ0v) is 18.4. The molecule has 174 valence electrons. The third-order valence-electron chi connectivity index (χ3n) is 4.81. The van der Waals surface area contributed by atoms with Crippen LogP contribution >= 0.6 is 0 Å². The predicted molar refractivity (Wildman–Crippen MR) is 109 cm³/mol. The maximum Gasteiger partial charge on any atom is 0.411 e. The molecule has 0 spiro atoms. The molecule has 1 aromatic carbocycles. The second-order valence-corrected chi connectivity index (χ2v) is 8.74. The third kappa shape index (κ3) is 8.40. The monoisotopic (exact) mass is 444 g/mol. The molecular formula is C22H31F3N2O4. The first-order valence-electron chi connectivity index (χ1n) is 10.4. The zero-order chi connectivity index (χ0) is 23.2. The van der Waals surface area contributed by atoms with Crippen LogP contribution in [0.5, 0.6) is 0 Å². The first kappa shape index (κ1) is 25.0. The Bertz CT molecular complexity index is 735. The largest absolute Gasteiger partial charge is 0.444 e. The molecule has 0 radical (unpaired) electrons. The lowest BCUT2D eigenvalue weighted by Gasteiger charge is -2.40. The number of alkyl halides is 3. The molecular weight excluding hydrogens is 413 g/mol. The van der Waals surface area contributed by atoms with Crippen LogP contribution in [0.3, 0.4) is 0 Å². The summed E-state index contributed by atoms with van der Waals surface area (Å²) in [6.07, 6.45) is -4.96. The molecule has 2 rings (SSSR count). The molecule has 0 saturated carbocycles. The van der Waals surface area contributed by atoms with Crippen LogP contribution in [-0.4, -0.2) is 65.4 Å². The number of carbonyl (C=O) groups is 2. The number of amides is 2. The van der Waals surface area contributed by atoms with E-state index in [0.29, 0.717) is 19.4 Å². The highest BCUT2D eigenvalue weighted by molar-refractivity contribution is 5.81. The summed E-state index contributed by atoms with van der Waals surface area (Å²) in [6.45, 7) is 6.12. The Morgan fingerprint density at radius 2 is 1.84 bits per heavy atom. The van der Waals surface area contributed by atoms with Gasteiger partial charge in [0.15, 0.2) is 0 Å². The van der Waals surface area contributed by atoms with Gasteiger partial charge in [0.2, 0.25) is 0 Å². The molecule has 0 aliphatic carbocycles. The Morgan fingerprint density at radius 3 is 2.42 bits per heavy atom. The highest BCUT2D eigenvalue weighted by Gasteiger charge is 2.36. The van der Waals surface area contributed by atoms with Crippen molar-refractivity contribution in [2.24, 2.45) is 0 Å². The minimum atomic E-state index is -4.52. The first-order valence-corrected chi connectivity index (χ1v) is 10.4. The van der Waals surface area contributed by atoms with Gasteiger partial charge in [-0.1, -0.05) is 30.3 Å².